The van der Waals surface area contributed by atoms with E-state index >= 15 is 0 Å². The minimum atomic E-state index is 1.03. The summed E-state index contributed by atoms with van der Waals surface area (Å²) in [5.74, 6) is 4.33. The molecule has 0 heteroatoms. The van der Waals surface area contributed by atoms with Crippen molar-refractivity contribution >= 4 is 0 Å². The zero-order chi connectivity index (χ0) is 6.43. The maximum absolute atomic E-state index is 2.44. The lowest BCUT2D eigenvalue weighted by molar-refractivity contribution is 0.0154. The smallest absolute Gasteiger partial charge is 0.0381 e. The molecule has 3 fully saturated rings. The molecule has 1 unspecified atom stereocenters. The fourth-order valence-electron chi connectivity index (χ4n) is 2.61. The molecule has 0 aromatic carbocycles. The fraction of sp³-hybridized carbons (Fsp3) is 1.00. The SMILES string of the molecule is CC1C2CC(C2)C[C@H]1C. The van der Waals surface area contributed by atoms with Gasteiger partial charge >= 0.3 is 0 Å². The largest absolute Gasteiger partial charge is 0.0622 e. The van der Waals surface area contributed by atoms with Gasteiger partial charge in [0.25, 0.3) is 0 Å². The van der Waals surface area contributed by atoms with E-state index in [4.69, 9.17) is 0 Å². The van der Waals surface area contributed by atoms with Crippen LogP contribution in [0.5, 0.6) is 0 Å². The molecule has 9 heavy (non-hydrogen) atoms. The van der Waals surface area contributed by atoms with Crippen molar-refractivity contribution in [3.8, 4) is 0 Å². The van der Waals surface area contributed by atoms with Crippen LogP contribution >= 0.6 is 0 Å². The Morgan fingerprint density at radius 3 is 2.00 bits per heavy atom. The quantitative estimate of drug-likeness (QED) is 0.465. The van der Waals surface area contributed by atoms with Crippen LogP contribution in [0.2, 0.25) is 0 Å². The van der Waals surface area contributed by atoms with Gasteiger partial charge in [-0.1, -0.05) is 13.8 Å². The van der Waals surface area contributed by atoms with Crippen LogP contribution in [-0.2, 0) is 0 Å². The van der Waals surface area contributed by atoms with Crippen molar-refractivity contribution in [2.24, 2.45) is 23.7 Å². The fourth-order valence-corrected chi connectivity index (χ4v) is 2.61. The molecule has 0 amide bonds. The van der Waals surface area contributed by atoms with E-state index in [1.807, 2.05) is 0 Å². The van der Waals surface area contributed by atoms with Crippen LogP contribution in [0.25, 0.3) is 0 Å². The maximum atomic E-state index is 2.44. The number of hydrogen-bond acceptors (Lipinski definition) is 0. The van der Waals surface area contributed by atoms with Gasteiger partial charge in [0.1, 0.15) is 0 Å². The second-order valence-electron chi connectivity index (χ2n) is 4.17. The molecule has 0 radical (unpaired) electrons. The number of hydrogen-bond donors (Lipinski definition) is 0. The standard InChI is InChI=1S/C9H16/c1-6-3-8-4-9(5-8)7(6)2/h6-9H,3-5H2,1-2H3/t6-,7?,8?,9?/m1/s1. The first-order valence-corrected chi connectivity index (χ1v) is 4.27. The molecule has 0 heterocycles. The van der Waals surface area contributed by atoms with Gasteiger partial charge in [-0.25, -0.2) is 0 Å². The Morgan fingerprint density at radius 2 is 1.67 bits per heavy atom. The molecule has 2 bridgehead atoms. The van der Waals surface area contributed by atoms with Crippen molar-refractivity contribution in [2.75, 3.05) is 0 Å². The van der Waals surface area contributed by atoms with Crippen LogP contribution in [0.15, 0.2) is 0 Å². The molecule has 52 valence electrons. The Balaban J connectivity index is 2.04. The minimum absolute atomic E-state index is 1.03. The van der Waals surface area contributed by atoms with Crippen LogP contribution in [0.1, 0.15) is 33.1 Å². The first-order chi connectivity index (χ1) is 4.27. The second kappa shape index (κ2) is 1.74. The monoisotopic (exact) mass is 124 g/mol. The van der Waals surface area contributed by atoms with Gasteiger partial charge in [-0.2, -0.15) is 0 Å². The predicted octanol–water partition coefficient (Wildman–Crippen LogP) is 2.69. The van der Waals surface area contributed by atoms with Gasteiger partial charge in [-0.3, -0.25) is 0 Å². The second-order valence-corrected chi connectivity index (χ2v) is 4.17. The van der Waals surface area contributed by atoms with E-state index in [2.05, 4.69) is 13.8 Å². The van der Waals surface area contributed by atoms with Gasteiger partial charge < -0.3 is 0 Å². The Morgan fingerprint density at radius 1 is 1.00 bits per heavy atom. The molecule has 3 rings (SSSR count). The summed E-state index contributed by atoms with van der Waals surface area (Å²) in [5, 5.41) is 0. The summed E-state index contributed by atoms with van der Waals surface area (Å²) in [6.07, 6.45) is 4.65. The predicted molar refractivity (Wildman–Crippen MR) is 39.2 cm³/mol. The van der Waals surface area contributed by atoms with Crippen molar-refractivity contribution in [1.29, 1.82) is 0 Å². The molecule has 3 aliphatic rings. The van der Waals surface area contributed by atoms with Gasteiger partial charge in [0, 0.05) is 0 Å². The van der Waals surface area contributed by atoms with E-state index in [9.17, 15) is 0 Å². The molecular weight excluding hydrogens is 108 g/mol. The molecule has 0 saturated heterocycles. The molecule has 0 aliphatic heterocycles. The van der Waals surface area contributed by atoms with Crippen molar-refractivity contribution in [3.63, 3.8) is 0 Å². The average molecular weight is 124 g/mol. The molecule has 3 saturated carbocycles. The third-order valence-electron chi connectivity index (χ3n) is 3.62. The van der Waals surface area contributed by atoms with Gasteiger partial charge in [0.2, 0.25) is 0 Å². The van der Waals surface area contributed by atoms with Crippen LogP contribution in [0.3, 0.4) is 0 Å². The highest BCUT2D eigenvalue weighted by Crippen LogP contribution is 2.51. The molecule has 0 spiro atoms. The van der Waals surface area contributed by atoms with Gasteiger partial charge in [-0.05, 0) is 42.9 Å². The van der Waals surface area contributed by atoms with E-state index in [-0.39, 0.29) is 0 Å². The topological polar surface area (TPSA) is 0 Å². The lowest BCUT2D eigenvalue weighted by Crippen LogP contribution is -2.39. The van der Waals surface area contributed by atoms with Crippen LogP contribution in [-0.4, -0.2) is 0 Å². The molecule has 2 atom stereocenters. The average Bonchev–Trinajstić information content (AvgIpc) is 1.72. The summed E-state index contributed by atoms with van der Waals surface area (Å²) in [4.78, 5) is 0. The lowest BCUT2D eigenvalue weighted by atomic mass is 9.57. The summed E-state index contributed by atoms with van der Waals surface area (Å²) in [7, 11) is 0. The van der Waals surface area contributed by atoms with E-state index in [1.54, 1.807) is 12.8 Å². The molecule has 3 aliphatic carbocycles. The van der Waals surface area contributed by atoms with E-state index in [1.165, 1.54) is 6.42 Å². The molecular formula is C9H16. The number of fused-ring (bicyclic) bond motifs is 2. The van der Waals surface area contributed by atoms with Crippen molar-refractivity contribution in [3.05, 3.63) is 0 Å². The maximum Gasteiger partial charge on any atom is -0.0381 e. The number of rotatable bonds is 0. The molecule has 0 nitrogen and oxygen atoms in total. The van der Waals surface area contributed by atoms with Gasteiger partial charge in [0.15, 0.2) is 0 Å². The summed E-state index contributed by atoms with van der Waals surface area (Å²) in [5.41, 5.74) is 0. The van der Waals surface area contributed by atoms with Crippen molar-refractivity contribution < 1.29 is 0 Å². The Bertz CT molecular complexity index is 109. The van der Waals surface area contributed by atoms with E-state index in [0.29, 0.717) is 0 Å². The zero-order valence-electron chi connectivity index (χ0n) is 6.43. The van der Waals surface area contributed by atoms with Crippen LogP contribution in [0, 0.1) is 23.7 Å². The minimum Gasteiger partial charge on any atom is -0.0622 e. The lowest BCUT2D eigenvalue weighted by Gasteiger charge is -2.49. The first kappa shape index (κ1) is 5.76. The molecule has 0 N–H and O–H groups in total. The zero-order valence-corrected chi connectivity index (χ0v) is 6.43. The van der Waals surface area contributed by atoms with E-state index in [0.717, 1.165) is 23.7 Å². The van der Waals surface area contributed by atoms with Crippen molar-refractivity contribution in [1.82, 2.24) is 0 Å². The summed E-state index contributed by atoms with van der Waals surface area (Å²) < 4.78 is 0. The summed E-state index contributed by atoms with van der Waals surface area (Å²) in [6.45, 7) is 4.85. The third-order valence-corrected chi connectivity index (χ3v) is 3.62. The highest BCUT2D eigenvalue weighted by molar-refractivity contribution is 4.91. The Kier molecular flexibility index (Phi) is 1.12. The highest BCUT2D eigenvalue weighted by Gasteiger charge is 2.41. The first-order valence-electron chi connectivity index (χ1n) is 4.27. The van der Waals surface area contributed by atoms with E-state index < -0.39 is 0 Å². The normalized spacial score (nSPS) is 56.7. The Hall–Kier alpha value is 0. The van der Waals surface area contributed by atoms with Gasteiger partial charge in [-0.15, -0.1) is 0 Å². The van der Waals surface area contributed by atoms with Crippen LogP contribution < -0.4 is 0 Å². The molecule has 0 aromatic heterocycles. The third kappa shape index (κ3) is 0.720. The van der Waals surface area contributed by atoms with Crippen LogP contribution in [0.4, 0.5) is 0 Å². The van der Waals surface area contributed by atoms with Crippen molar-refractivity contribution in [2.45, 2.75) is 33.1 Å². The highest BCUT2D eigenvalue weighted by atomic mass is 14.5. The molecule has 0 aromatic rings. The summed E-state index contributed by atoms with van der Waals surface area (Å²) >= 11 is 0. The Labute approximate surface area is 57.6 Å². The van der Waals surface area contributed by atoms with Gasteiger partial charge in [0.05, 0.1) is 0 Å². The summed E-state index contributed by atoms with van der Waals surface area (Å²) in [6, 6.07) is 0.